The van der Waals surface area contributed by atoms with Crippen molar-refractivity contribution in [3.63, 3.8) is 0 Å². The van der Waals surface area contributed by atoms with Crippen LogP contribution in [-0.4, -0.2) is 27.9 Å². The summed E-state index contributed by atoms with van der Waals surface area (Å²) in [5.74, 6) is -0.290. The Labute approximate surface area is 113 Å². The van der Waals surface area contributed by atoms with Crippen LogP contribution in [0.15, 0.2) is 36.8 Å². The lowest BCUT2D eigenvalue weighted by Gasteiger charge is -2.09. The minimum Gasteiger partial charge on any atom is -0.494 e. The summed E-state index contributed by atoms with van der Waals surface area (Å²) in [6, 6.07) is 3.90. The number of amides is 1. The number of carbonyl (C=O) groups is 1. The largest absolute Gasteiger partial charge is 0.494 e. The third kappa shape index (κ3) is 2.86. The van der Waals surface area contributed by atoms with Crippen LogP contribution in [0, 0.1) is 10.1 Å². The van der Waals surface area contributed by atoms with E-state index < -0.39 is 10.8 Å². The second-order valence-electron chi connectivity index (χ2n) is 3.69. The van der Waals surface area contributed by atoms with Gasteiger partial charge in [0.2, 0.25) is 0 Å². The zero-order valence-electron chi connectivity index (χ0n) is 10.4. The molecule has 1 heterocycles. The van der Waals surface area contributed by atoms with Crippen LogP contribution < -0.4 is 10.1 Å². The van der Waals surface area contributed by atoms with Gasteiger partial charge in [-0.2, -0.15) is 0 Å². The quantitative estimate of drug-likeness (QED) is 0.670. The topological polar surface area (TPSA) is 107 Å². The molecule has 20 heavy (non-hydrogen) atoms. The summed E-state index contributed by atoms with van der Waals surface area (Å²) in [5.41, 5.74) is 0.320. The number of methoxy groups -OCH3 is 1. The Morgan fingerprint density at radius 3 is 2.80 bits per heavy atom. The van der Waals surface area contributed by atoms with E-state index >= 15 is 0 Å². The van der Waals surface area contributed by atoms with Crippen molar-refractivity contribution in [1.29, 1.82) is 0 Å². The number of anilines is 1. The van der Waals surface area contributed by atoms with Gasteiger partial charge >= 0.3 is 0 Å². The van der Waals surface area contributed by atoms with Crippen molar-refractivity contribution in [1.82, 2.24) is 9.97 Å². The molecule has 0 aliphatic rings. The summed E-state index contributed by atoms with van der Waals surface area (Å²) >= 11 is 0. The lowest BCUT2D eigenvalue weighted by Crippen LogP contribution is -2.14. The van der Waals surface area contributed by atoms with Gasteiger partial charge < -0.3 is 10.1 Å². The smallest absolute Gasteiger partial charge is 0.275 e. The van der Waals surface area contributed by atoms with Gasteiger partial charge in [-0.05, 0) is 6.07 Å². The monoisotopic (exact) mass is 274 g/mol. The van der Waals surface area contributed by atoms with E-state index in [9.17, 15) is 14.9 Å². The molecule has 0 saturated heterocycles. The van der Waals surface area contributed by atoms with Gasteiger partial charge in [0.05, 0.1) is 30.0 Å². The number of hydrogen-bond donors (Lipinski definition) is 1. The molecule has 2 aromatic rings. The first-order chi connectivity index (χ1) is 9.61. The maximum Gasteiger partial charge on any atom is 0.275 e. The van der Waals surface area contributed by atoms with E-state index in [1.54, 1.807) is 0 Å². The molecule has 0 aliphatic heterocycles. The SMILES string of the molecule is COc1cc([N+](=O)[O-])ccc1NC(=O)c1cnccn1. The second-order valence-corrected chi connectivity index (χ2v) is 3.69. The Kier molecular flexibility index (Phi) is 3.85. The Morgan fingerprint density at radius 2 is 2.20 bits per heavy atom. The molecule has 0 atom stereocenters. The fourth-order valence-electron chi connectivity index (χ4n) is 1.50. The van der Waals surface area contributed by atoms with Crippen LogP contribution in [0.5, 0.6) is 5.75 Å². The zero-order chi connectivity index (χ0) is 14.5. The van der Waals surface area contributed by atoms with Gasteiger partial charge in [0, 0.05) is 18.5 Å². The summed E-state index contributed by atoms with van der Waals surface area (Å²) in [5, 5.41) is 13.2. The van der Waals surface area contributed by atoms with Crippen LogP contribution in [0.3, 0.4) is 0 Å². The van der Waals surface area contributed by atoms with Crippen LogP contribution in [0.25, 0.3) is 0 Å². The van der Waals surface area contributed by atoms with E-state index in [2.05, 4.69) is 15.3 Å². The van der Waals surface area contributed by atoms with Crippen molar-refractivity contribution in [2.75, 3.05) is 12.4 Å². The zero-order valence-corrected chi connectivity index (χ0v) is 10.4. The van der Waals surface area contributed by atoms with Gasteiger partial charge in [0.15, 0.2) is 0 Å². The second kappa shape index (κ2) is 5.74. The highest BCUT2D eigenvalue weighted by molar-refractivity contribution is 6.03. The summed E-state index contributed by atoms with van der Waals surface area (Å²) in [6.45, 7) is 0. The first-order valence-corrected chi connectivity index (χ1v) is 5.51. The molecule has 0 unspecified atom stereocenters. The number of non-ortho nitro benzene ring substituents is 1. The average molecular weight is 274 g/mol. The molecule has 102 valence electrons. The molecular weight excluding hydrogens is 264 g/mol. The maximum absolute atomic E-state index is 11.9. The Bertz CT molecular complexity index is 645. The fourth-order valence-corrected chi connectivity index (χ4v) is 1.50. The molecule has 8 heteroatoms. The standard InChI is InChI=1S/C12H10N4O4/c1-20-11-6-8(16(18)19)2-3-9(11)15-12(17)10-7-13-4-5-14-10/h2-7H,1H3,(H,15,17). The van der Waals surface area contributed by atoms with Crippen LogP contribution in [0.1, 0.15) is 10.5 Å². The molecule has 1 N–H and O–H groups in total. The molecule has 1 amide bonds. The van der Waals surface area contributed by atoms with Crippen molar-refractivity contribution >= 4 is 17.3 Å². The van der Waals surface area contributed by atoms with Crippen LogP contribution in [0.2, 0.25) is 0 Å². The first-order valence-electron chi connectivity index (χ1n) is 5.51. The number of carbonyl (C=O) groups excluding carboxylic acids is 1. The number of nitro benzene ring substituents is 1. The van der Waals surface area contributed by atoms with E-state index in [4.69, 9.17) is 4.74 Å². The first kappa shape index (κ1) is 13.4. The maximum atomic E-state index is 11.9. The summed E-state index contributed by atoms with van der Waals surface area (Å²) in [4.78, 5) is 29.7. The third-order valence-corrected chi connectivity index (χ3v) is 2.44. The van der Waals surface area contributed by atoms with Gasteiger partial charge in [-0.3, -0.25) is 19.9 Å². The number of nitrogens with zero attached hydrogens (tertiary/aromatic N) is 3. The minimum atomic E-state index is -0.545. The molecule has 0 radical (unpaired) electrons. The molecule has 0 fully saturated rings. The highest BCUT2D eigenvalue weighted by Crippen LogP contribution is 2.29. The molecule has 0 saturated carbocycles. The van der Waals surface area contributed by atoms with Crippen molar-refractivity contribution in [3.8, 4) is 5.75 Å². The number of benzene rings is 1. The van der Waals surface area contributed by atoms with Gasteiger partial charge in [-0.25, -0.2) is 4.98 Å². The highest BCUT2D eigenvalue weighted by atomic mass is 16.6. The summed E-state index contributed by atoms with van der Waals surface area (Å²) in [7, 11) is 1.36. The number of nitrogens with one attached hydrogen (secondary N) is 1. The predicted octanol–water partition coefficient (Wildman–Crippen LogP) is 1.65. The Hall–Kier alpha value is -3.03. The van der Waals surface area contributed by atoms with E-state index in [0.29, 0.717) is 5.69 Å². The van der Waals surface area contributed by atoms with Gasteiger partial charge in [-0.1, -0.05) is 0 Å². The van der Waals surface area contributed by atoms with E-state index in [1.165, 1.54) is 43.9 Å². The normalized spacial score (nSPS) is 9.85. The lowest BCUT2D eigenvalue weighted by molar-refractivity contribution is -0.384. The van der Waals surface area contributed by atoms with Gasteiger partial charge in [0.25, 0.3) is 11.6 Å². The lowest BCUT2D eigenvalue weighted by atomic mass is 10.2. The summed E-state index contributed by atoms with van der Waals surface area (Å²) in [6.07, 6.45) is 4.15. The number of ether oxygens (including phenoxy) is 1. The molecule has 0 spiro atoms. The minimum absolute atomic E-state index is 0.126. The van der Waals surface area contributed by atoms with Gasteiger partial charge in [0.1, 0.15) is 11.4 Å². The van der Waals surface area contributed by atoms with Crippen LogP contribution in [-0.2, 0) is 0 Å². The van der Waals surface area contributed by atoms with Crippen molar-refractivity contribution < 1.29 is 14.5 Å². The van der Waals surface area contributed by atoms with Crippen molar-refractivity contribution in [3.05, 3.63) is 52.6 Å². The summed E-state index contributed by atoms with van der Waals surface area (Å²) < 4.78 is 5.02. The number of nitro groups is 1. The Balaban J connectivity index is 2.25. The van der Waals surface area contributed by atoms with Crippen molar-refractivity contribution in [2.24, 2.45) is 0 Å². The molecular formula is C12H10N4O4. The molecule has 1 aromatic carbocycles. The number of rotatable bonds is 4. The van der Waals surface area contributed by atoms with E-state index in [1.807, 2.05) is 0 Å². The van der Waals surface area contributed by atoms with E-state index in [-0.39, 0.29) is 17.1 Å². The van der Waals surface area contributed by atoms with Crippen LogP contribution in [0.4, 0.5) is 11.4 Å². The molecule has 0 aliphatic carbocycles. The highest BCUT2D eigenvalue weighted by Gasteiger charge is 2.14. The number of hydrogen-bond acceptors (Lipinski definition) is 6. The van der Waals surface area contributed by atoms with E-state index in [0.717, 1.165) is 0 Å². The average Bonchev–Trinajstić information content (AvgIpc) is 2.48. The predicted molar refractivity (Wildman–Crippen MR) is 69.6 cm³/mol. The number of aromatic nitrogens is 2. The fraction of sp³-hybridized carbons (Fsp3) is 0.0833. The third-order valence-electron chi connectivity index (χ3n) is 2.44. The molecule has 1 aromatic heterocycles. The molecule has 0 bridgehead atoms. The van der Waals surface area contributed by atoms with Gasteiger partial charge in [-0.15, -0.1) is 0 Å². The molecule has 2 rings (SSSR count). The Morgan fingerprint density at radius 1 is 1.40 bits per heavy atom. The van der Waals surface area contributed by atoms with Crippen LogP contribution >= 0.6 is 0 Å². The van der Waals surface area contributed by atoms with Crippen molar-refractivity contribution in [2.45, 2.75) is 0 Å². The molecule has 8 nitrogen and oxygen atoms in total.